The Morgan fingerprint density at radius 3 is 2.41 bits per heavy atom. The van der Waals surface area contributed by atoms with Crippen LogP contribution in [0.2, 0.25) is 0 Å². The first-order valence-electron chi connectivity index (χ1n) is 10.9. The molecule has 1 N–H and O–H groups in total. The summed E-state index contributed by atoms with van der Waals surface area (Å²) in [5.74, 6) is -0.417. The lowest BCUT2D eigenvalue weighted by Crippen LogP contribution is -2.27. The first-order chi connectivity index (χ1) is 15.4. The molecule has 3 aromatic rings. The van der Waals surface area contributed by atoms with Gasteiger partial charge < -0.3 is 10.0 Å². The summed E-state index contributed by atoms with van der Waals surface area (Å²) >= 11 is 3.50. The first-order valence-corrected chi connectivity index (χ1v) is 11.7. The van der Waals surface area contributed by atoms with Gasteiger partial charge in [0.05, 0.1) is 12.2 Å². The topological polar surface area (TPSA) is 73.4 Å². The Labute approximate surface area is 196 Å². The van der Waals surface area contributed by atoms with Crippen molar-refractivity contribution in [2.24, 2.45) is 10.2 Å². The van der Waals surface area contributed by atoms with Crippen molar-refractivity contribution in [2.75, 3.05) is 32.1 Å². The van der Waals surface area contributed by atoms with Crippen LogP contribution in [0.1, 0.15) is 36.0 Å². The number of rotatable bonds is 5. The second-order valence-electron chi connectivity index (χ2n) is 8.38. The summed E-state index contributed by atoms with van der Waals surface area (Å²) < 4.78 is 2.73. The molecule has 0 radical (unpaired) electrons. The van der Waals surface area contributed by atoms with Crippen molar-refractivity contribution in [1.29, 1.82) is 0 Å². The summed E-state index contributed by atoms with van der Waals surface area (Å²) in [6, 6.07) is 13.0. The van der Waals surface area contributed by atoms with Gasteiger partial charge in [0.25, 0.3) is 5.91 Å². The van der Waals surface area contributed by atoms with E-state index in [-0.39, 0.29) is 5.88 Å². The maximum Gasteiger partial charge on any atom is 0.295 e. The van der Waals surface area contributed by atoms with Gasteiger partial charge in [-0.2, -0.15) is 0 Å². The summed E-state index contributed by atoms with van der Waals surface area (Å²) in [7, 11) is 3.89. The molecule has 0 bridgehead atoms. The van der Waals surface area contributed by atoms with Crippen molar-refractivity contribution in [3.05, 3.63) is 52.5 Å². The third-order valence-electron chi connectivity index (χ3n) is 5.88. The Balaban J connectivity index is 1.64. The molecule has 2 heterocycles. The number of aromatic hydroxyl groups is 1. The Morgan fingerprint density at radius 2 is 1.75 bits per heavy atom. The number of fused-ring (bicyclic) bond motifs is 1. The average Bonchev–Trinajstić information content (AvgIpc) is 2.94. The molecule has 0 spiro atoms. The molecule has 32 heavy (non-hydrogen) atoms. The molecule has 7 nitrogen and oxygen atoms in total. The van der Waals surface area contributed by atoms with Crippen LogP contribution in [0.3, 0.4) is 0 Å². The number of aromatic nitrogens is 1. The third-order valence-corrected chi connectivity index (χ3v) is 6.38. The number of azo groups is 1. The Bertz CT molecular complexity index is 1130. The predicted molar refractivity (Wildman–Crippen MR) is 131 cm³/mol. The zero-order valence-corrected chi connectivity index (χ0v) is 20.0. The molecule has 168 valence electrons. The number of halogens is 1. The molecule has 1 aliphatic rings. The van der Waals surface area contributed by atoms with Gasteiger partial charge in [0.15, 0.2) is 5.69 Å². The second kappa shape index (κ2) is 9.83. The van der Waals surface area contributed by atoms with E-state index in [1.165, 1.54) is 25.7 Å². The molecular formula is C24H28BrN5O2. The first kappa shape index (κ1) is 22.5. The maximum atomic E-state index is 12.6. The van der Waals surface area contributed by atoms with Crippen LogP contribution < -0.4 is 4.90 Å². The van der Waals surface area contributed by atoms with Crippen LogP contribution >= 0.6 is 15.9 Å². The van der Waals surface area contributed by atoms with E-state index in [2.05, 4.69) is 31.1 Å². The van der Waals surface area contributed by atoms with E-state index in [1.54, 1.807) is 12.1 Å². The molecule has 0 saturated carbocycles. The second-order valence-corrected chi connectivity index (χ2v) is 9.30. The van der Waals surface area contributed by atoms with Crippen LogP contribution in [0.25, 0.3) is 10.9 Å². The fourth-order valence-corrected chi connectivity index (χ4v) is 4.43. The number of benzene rings is 2. The smallest absolute Gasteiger partial charge is 0.295 e. The van der Waals surface area contributed by atoms with E-state index >= 15 is 0 Å². The molecule has 1 fully saturated rings. The number of anilines is 1. The van der Waals surface area contributed by atoms with Crippen molar-refractivity contribution in [3.63, 3.8) is 0 Å². The van der Waals surface area contributed by atoms with Gasteiger partial charge in [-0.15, -0.1) is 10.2 Å². The van der Waals surface area contributed by atoms with Crippen LogP contribution in [0.5, 0.6) is 5.88 Å². The van der Waals surface area contributed by atoms with E-state index in [1.807, 2.05) is 53.9 Å². The van der Waals surface area contributed by atoms with Crippen molar-refractivity contribution < 1.29 is 9.90 Å². The number of hydrogen-bond acceptors (Lipinski definition) is 5. The van der Waals surface area contributed by atoms with Crippen LogP contribution in [0, 0.1) is 0 Å². The third kappa shape index (κ3) is 4.86. The van der Waals surface area contributed by atoms with Gasteiger partial charge in [-0.1, -0.05) is 28.8 Å². The molecule has 0 atom stereocenters. The lowest BCUT2D eigenvalue weighted by atomic mass is 10.2. The Hall–Kier alpha value is -2.71. The molecule has 4 rings (SSSR count). The number of carbonyl (C=O) groups is 1. The van der Waals surface area contributed by atoms with E-state index in [9.17, 15) is 9.90 Å². The maximum absolute atomic E-state index is 12.6. The number of likely N-dealkylation sites (tertiary alicyclic amines) is 1. The van der Waals surface area contributed by atoms with Gasteiger partial charge in [-0.25, -0.2) is 0 Å². The SMILES string of the molecule is CN(C)c1ccc(C(=O)N=Nc2c(O)n(CN3CCCCCC3)c3ccc(Br)cc23)cc1. The fraction of sp³-hybridized carbons (Fsp3) is 0.375. The molecule has 2 aromatic carbocycles. The Morgan fingerprint density at radius 1 is 1.06 bits per heavy atom. The molecule has 0 unspecified atom stereocenters. The summed E-state index contributed by atoms with van der Waals surface area (Å²) in [6.07, 6.45) is 4.83. The molecule has 1 amide bonds. The summed E-state index contributed by atoms with van der Waals surface area (Å²) in [6.45, 7) is 2.60. The van der Waals surface area contributed by atoms with Crippen LogP contribution in [-0.2, 0) is 6.67 Å². The minimum atomic E-state index is -0.446. The van der Waals surface area contributed by atoms with E-state index in [0.717, 1.165) is 34.2 Å². The minimum Gasteiger partial charge on any atom is -0.493 e. The highest BCUT2D eigenvalue weighted by molar-refractivity contribution is 9.10. The van der Waals surface area contributed by atoms with E-state index in [0.29, 0.717) is 17.9 Å². The molecule has 8 heteroatoms. The monoisotopic (exact) mass is 497 g/mol. The Kier molecular flexibility index (Phi) is 6.91. The molecule has 1 saturated heterocycles. The van der Waals surface area contributed by atoms with Gasteiger partial charge in [0.1, 0.15) is 0 Å². The zero-order valence-electron chi connectivity index (χ0n) is 18.5. The average molecular weight is 498 g/mol. The van der Waals surface area contributed by atoms with Crippen LogP contribution in [0.4, 0.5) is 11.4 Å². The lowest BCUT2D eigenvalue weighted by Gasteiger charge is -2.21. The highest BCUT2D eigenvalue weighted by Crippen LogP contribution is 2.40. The van der Waals surface area contributed by atoms with E-state index < -0.39 is 5.91 Å². The molecular weight excluding hydrogens is 470 g/mol. The standard InChI is InChI=1S/C24H28BrN5O2/c1-28(2)19-10-7-17(8-11-19)23(31)27-26-22-20-15-18(25)9-12-21(20)30(24(22)32)16-29-13-5-3-4-6-14-29/h7-12,15,32H,3-6,13-14,16H2,1-2H3. The largest absolute Gasteiger partial charge is 0.493 e. The summed E-state index contributed by atoms with van der Waals surface area (Å²) in [5.41, 5.74) is 2.63. The minimum absolute atomic E-state index is 0.0295. The van der Waals surface area contributed by atoms with Gasteiger partial charge in [0.2, 0.25) is 5.88 Å². The number of amides is 1. The van der Waals surface area contributed by atoms with Crippen molar-refractivity contribution in [1.82, 2.24) is 9.47 Å². The number of hydrogen-bond donors (Lipinski definition) is 1. The lowest BCUT2D eigenvalue weighted by molar-refractivity contribution is 0.0995. The number of carbonyl (C=O) groups excluding carboxylic acids is 1. The molecule has 1 aliphatic heterocycles. The molecule has 1 aromatic heterocycles. The van der Waals surface area contributed by atoms with Crippen LogP contribution in [-0.4, -0.2) is 47.7 Å². The quantitative estimate of drug-likeness (QED) is 0.443. The summed E-state index contributed by atoms with van der Waals surface area (Å²) in [4.78, 5) is 16.9. The van der Waals surface area contributed by atoms with Crippen LogP contribution in [0.15, 0.2) is 57.2 Å². The highest BCUT2D eigenvalue weighted by Gasteiger charge is 2.20. The number of nitrogens with zero attached hydrogens (tertiary/aromatic N) is 5. The van der Waals surface area contributed by atoms with E-state index in [4.69, 9.17) is 0 Å². The summed E-state index contributed by atoms with van der Waals surface area (Å²) in [5, 5.41) is 19.9. The molecule has 0 aliphatic carbocycles. The normalized spacial score (nSPS) is 15.3. The predicted octanol–water partition coefficient (Wildman–Crippen LogP) is 5.93. The van der Waals surface area contributed by atoms with Gasteiger partial charge >= 0.3 is 0 Å². The van der Waals surface area contributed by atoms with Crippen molar-refractivity contribution in [2.45, 2.75) is 32.4 Å². The van der Waals surface area contributed by atoms with Gasteiger partial charge in [-0.05, 0) is 68.4 Å². The fourth-order valence-electron chi connectivity index (χ4n) is 4.07. The zero-order chi connectivity index (χ0) is 22.7. The van der Waals surface area contributed by atoms with Crippen molar-refractivity contribution >= 4 is 44.1 Å². The van der Waals surface area contributed by atoms with Crippen molar-refractivity contribution in [3.8, 4) is 5.88 Å². The van der Waals surface area contributed by atoms with Gasteiger partial charge in [0, 0.05) is 35.2 Å². The van der Waals surface area contributed by atoms with Gasteiger partial charge in [-0.3, -0.25) is 14.3 Å². The highest BCUT2D eigenvalue weighted by atomic mass is 79.9.